The van der Waals surface area contributed by atoms with Crippen molar-refractivity contribution in [3.8, 4) is 0 Å². The van der Waals surface area contributed by atoms with E-state index in [2.05, 4.69) is 22.2 Å². The lowest BCUT2D eigenvalue weighted by atomic mass is 10.5. The maximum absolute atomic E-state index is 3.62. The Labute approximate surface area is 48.8 Å². The van der Waals surface area contributed by atoms with Crippen molar-refractivity contribution in [2.45, 2.75) is 13.8 Å². The van der Waals surface area contributed by atoms with Crippen molar-refractivity contribution in [1.29, 1.82) is 0 Å². The Bertz CT molecular complexity index is 124. The highest BCUT2D eigenvalue weighted by Gasteiger charge is 1.74. The second kappa shape index (κ2) is 4.18. The third-order valence-corrected chi connectivity index (χ3v) is 0.683. The Morgan fingerprint density at radius 1 is 1.62 bits per heavy atom. The molecule has 0 aromatic carbocycles. The summed E-state index contributed by atoms with van der Waals surface area (Å²) in [4.78, 5) is 0. The number of allylic oxidation sites excluding steroid dienone is 2. The molecule has 0 atom stereocenters. The zero-order valence-corrected chi connectivity index (χ0v) is 5.13. The first-order chi connectivity index (χ1) is 3.81. The molecule has 44 valence electrons. The average Bonchev–Trinajstić information content (AvgIpc) is 1.83. The van der Waals surface area contributed by atoms with Gasteiger partial charge < -0.3 is 0 Å². The predicted octanol–water partition coefficient (Wildman–Crippen LogP) is 1.98. The molecular weight excluding hydrogens is 102 g/mol. The topological polar surface area (TPSA) is 37.1 Å². The summed E-state index contributed by atoms with van der Waals surface area (Å²) in [7, 11) is 0. The molecule has 3 nitrogen and oxygen atoms in total. The maximum atomic E-state index is 3.62. The zero-order valence-electron chi connectivity index (χ0n) is 5.13. The Morgan fingerprint density at radius 3 is 2.62 bits per heavy atom. The molecule has 0 aromatic heterocycles. The molecule has 0 saturated heterocycles. The maximum Gasteiger partial charge on any atom is 0.0575 e. The van der Waals surface area contributed by atoms with Crippen LogP contribution in [-0.4, -0.2) is 6.72 Å². The summed E-state index contributed by atoms with van der Waals surface area (Å²) in [6.07, 6.45) is 1.84. The highest BCUT2D eigenvalue weighted by molar-refractivity contribution is 5.22. The van der Waals surface area contributed by atoms with Gasteiger partial charge in [-0.2, -0.15) is 0 Å². The third kappa shape index (κ3) is 3.21. The number of hydrogen-bond acceptors (Lipinski definition) is 2. The molecule has 0 aromatic rings. The van der Waals surface area contributed by atoms with Crippen molar-refractivity contribution in [2.24, 2.45) is 15.4 Å². The average molecular weight is 111 g/mol. The van der Waals surface area contributed by atoms with E-state index in [9.17, 15) is 0 Å². The van der Waals surface area contributed by atoms with Gasteiger partial charge in [0.2, 0.25) is 0 Å². The smallest absolute Gasteiger partial charge is 0.0575 e. The van der Waals surface area contributed by atoms with Gasteiger partial charge in [0.05, 0.1) is 5.70 Å². The fraction of sp³-hybridized carbons (Fsp3) is 0.400. The monoisotopic (exact) mass is 111 g/mol. The first-order valence-corrected chi connectivity index (χ1v) is 2.31. The largest absolute Gasteiger partial charge is 0.147 e. The minimum Gasteiger partial charge on any atom is -0.147 e. The third-order valence-electron chi connectivity index (χ3n) is 0.683. The second-order valence-corrected chi connectivity index (χ2v) is 1.26. The van der Waals surface area contributed by atoms with Gasteiger partial charge >= 0.3 is 0 Å². The van der Waals surface area contributed by atoms with Crippen LogP contribution in [0.3, 0.4) is 0 Å². The first-order valence-electron chi connectivity index (χ1n) is 2.31. The molecule has 0 aliphatic carbocycles. The Kier molecular flexibility index (Phi) is 3.66. The minimum atomic E-state index is 0.845. The molecule has 0 amide bonds. The summed E-state index contributed by atoms with van der Waals surface area (Å²) in [5, 5.41) is 10.1. The quantitative estimate of drug-likeness (QED) is 0.297. The molecule has 0 N–H and O–H groups in total. The van der Waals surface area contributed by atoms with Gasteiger partial charge in [0.15, 0.2) is 0 Å². The van der Waals surface area contributed by atoms with Crippen LogP contribution in [0.4, 0.5) is 0 Å². The molecular formula is C5H9N3. The lowest BCUT2D eigenvalue weighted by molar-refractivity contribution is 1.01. The van der Waals surface area contributed by atoms with Gasteiger partial charge in [0, 0.05) is 6.72 Å². The van der Waals surface area contributed by atoms with Gasteiger partial charge in [-0.25, -0.2) is 0 Å². The lowest BCUT2D eigenvalue weighted by Gasteiger charge is -1.79. The summed E-state index contributed by atoms with van der Waals surface area (Å²) >= 11 is 0. The Balaban J connectivity index is 3.69. The van der Waals surface area contributed by atoms with E-state index < -0.39 is 0 Å². The van der Waals surface area contributed by atoms with Crippen LogP contribution >= 0.6 is 0 Å². The van der Waals surface area contributed by atoms with Crippen LogP contribution in [0, 0.1) is 0 Å². The van der Waals surface area contributed by atoms with Gasteiger partial charge in [-0.1, -0.05) is 6.08 Å². The van der Waals surface area contributed by atoms with Crippen molar-refractivity contribution in [1.82, 2.24) is 0 Å². The first kappa shape index (κ1) is 7.01. The highest BCUT2D eigenvalue weighted by atomic mass is 15.4. The molecule has 0 spiro atoms. The molecule has 0 unspecified atom stereocenters. The van der Waals surface area contributed by atoms with Gasteiger partial charge in [-0.3, -0.25) is 0 Å². The van der Waals surface area contributed by atoms with Gasteiger partial charge in [-0.05, 0) is 19.1 Å². The standard InChI is InChI=1S/C5H9N3/c1-4-5(2)7-8-6-3/h4H,3H2,1-2H3/b5-4-,8-7-. The van der Waals surface area contributed by atoms with E-state index in [-0.39, 0.29) is 0 Å². The van der Waals surface area contributed by atoms with Gasteiger partial charge in [-0.15, -0.1) is 10.2 Å². The summed E-state index contributed by atoms with van der Waals surface area (Å²) < 4.78 is 0. The van der Waals surface area contributed by atoms with Crippen molar-refractivity contribution in [3.63, 3.8) is 0 Å². The predicted molar refractivity (Wildman–Crippen MR) is 33.8 cm³/mol. The summed E-state index contributed by atoms with van der Waals surface area (Å²) in [6.45, 7) is 6.86. The fourth-order valence-electron chi connectivity index (χ4n) is 0.160. The lowest BCUT2D eigenvalue weighted by Crippen LogP contribution is -1.60. The van der Waals surface area contributed by atoms with Gasteiger partial charge in [0.25, 0.3) is 0 Å². The molecule has 0 aliphatic heterocycles. The summed E-state index contributed by atoms with van der Waals surface area (Å²) in [5.74, 6) is 0. The zero-order chi connectivity index (χ0) is 6.41. The van der Waals surface area contributed by atoms with Crippen molar-refractivity contribution < 1.29 is 0 Å². The minimum absolute atomic E-state index is 0.845. The molecule has 0 saturated carbocycles. The van der Waals surface area contributed by atoms with Crippen LogP contribution in [0.1, 0.15) is 13.8 Å². The number of hydrogen-bond donors (Lipinski definition) is 0. The molecule has 0 aliphatic rings. The molecule has 0 fully saturated rings. The number of rotatable bonds is 2. The number of nitrogens with zero attached hydrogens (tertiary/aromatic N) is 3. The molecule has 0 bridgehead atoms. The molecule has 0 radical (unpaired) electrons. The van der Waals surface area contributed by atoms with E-state index in [0.717, 1.165) is 5.70 Å². The van der Waals surface area contributed by atoms with Crippen LogP contribution in [-0.2, 0) is 0 Å². The molecule has 8 heavy (non-hydrogen) atoms. The van der Waals surface area contributed by atoms with Crippen molar-refractivity contribution >= 4 is 6.72 Å². The SMILES string of the molecule is C=N/N=N\C(C)=C/C. The van der Waals surface area contributed by atoms with E-state index >= 15 is 0 Å². The normalized spacial score (nSPS) is 12.5. The van der Waals surface area contributed by atoms with Crippen LogP contribution in [0.5, 0.6) is 0 Å². The van der Waals surface area contributed by atoms with Gasteiger partial charge in [0.1, 0.15) is 0 Å². The molecule has 0 rings (SSSR count). The van der Waals surface area contributed by atoms with Crippen molar-refractivity contribution in [2.75, 3.05) is 0 Å². The summed E-state index contributed by atoms with van der Waals surface area (Å²) in [5.41, 5.74) is 0.845. The van der Waals surface area contributed by atoms with Crippen LogP contribution in [0.15, 0.2) is 27.2 Å². The van der Waals surface area contributed by atoms with E-state index in [0.29, 0.717) is 0 Å². The van der Waals surface area contributed by atoms with Crippen molar-refractivity contribution in [3.05, 3.63) is 11.8 Å². The second-order valence-electron chi connectivity index (χ2n) is 1.26. The summed E-state index contributed by atoms with van der Waals surface area (Å²) in [6, 6.07) is 0. The highest BCUT2D eigenvalue weighted by Crippen LogP contribution is 1.92. The Morgan fingerprint density at radius 2 is 2.25 bits per heavy atom. The van der Waals surface area contributed by atoms with E-state index in [1.165, 1.54) is 0 Å². The molecule has 0 heterocycles. The van der Waals surface area contributed by atoms with E-state index in [4.69, 9.17) is 0 Å². The van der Waals surface area contributed by atoms with Crippen LogP contribution in [0.2, 0.25) is 0 Å². The van der Waals surface area contributed by atoms with Crippen LogP contribution in [0.25, 0.3) is 0 Å². The Hall–Kier alpha value is -0.990. The van der Waals surface area contributed by atoms with E-state index in [1.54, 1.807) is 0 Å². The molecule has 3 heteroatoms. The van der Waals surface area contributed by atoms with Crippen LogP contribution < -0.4 is 0 Å². The fourth-order valence-corrected chi connectivity index (χ4v) is 0.160. The van der Waals surface area contributed by atoms with E-state index in [1.807, 2.05) is 19.9 Å².